The second-order valence-electron chi connectivity index (χ2n) is 6.27. The highest BCUT2D eigenvalue weighted by Crippen LogP contribution is 2.18. The molecule has 0 heterocycles. The summed E-state index contributed by atoms with van der Waals surface area (Å²) in [5.74, 6) is -5.87. The summed E-state index contributed by atoms with van der Waals surface area (Å²) < 4.78 is 5.19. The summed E-state index contributed by atoms with van der Waals surface area (Å²) in [6, 6.07) is 0. The average Bonchev–Trinajstić information content (AvgIpc) is 2.22. The SMILES string of the molecule is C[N+](C)(C)C[C@@H](CC(=O)O)OC(=O)C[C@](O)(CC(=O)O)C(=O)O. The topological polar surface area (TPSA) is 158 Å². The van der Waals surface area contributed by atoms with E-state index in [0.717, 1.165) is 0 Å². The molecule has 0 aromatic rings. The first-order valence-electron chi connectivity index (χ1n) is 6.64. The van der Waals surface area contributed by atoms with Crippen LogP contribution in [-0.4, -0.2) is 88.2 Å². The van der Waals surface area contributed by atoms with Gasteiger partial charge in [-0.2, -0.15) is 0 Å². The maximum Gasteiger partial charge on any atom is 0.336 e. The Morgan fingerprint density at radius 3 is 1.87 bits per heavy atom. The second-order valence-corrected chi connectivity index (χ2v) is 6.27. The van der Waals surface area contributed by atoms with Crippen molar-refractivity contribution in [2.75, 3.05) is 27.7 Å². The van der Waals surface area contributed by atoms with Crippen molar-refractivity contribution in [2.24, 2.45) is 0 Å². The Labute approximate surface area is 132 Å². The van der Waals surface area contributed by atoms with Crippen LogP contribution in [0.5, 0.6) is 0 Å². The molecule has 0 fully saturated rings. The second kappa shape index (κ2) is 7.88. The first kappa shape index (κ1) is 20.8. The van der Waals surface area contributed by atoms with Crippen molar-refractivity contribution in [3.05, 3.63) is 0 Å². The molecule has 0 saturated heterocycles. The smallest absolute Gasteiger partial charge is 0.336 e. The van der Waals surface area contributed by atoms with Crippen LogP contribution in [0.15, 0.2) is 0 Å². The predicted molar refractivity (Wildman–Crippen MR) is 74.5 cm³/mol. The number of hydrogen-bond acceptors (Lipinski definition) is 6. The highest BCUT2D eigenvalue weighted by atomic mass is 16.5. The largest absolute Gasteiger partial charge is 0.481 e. The molecule has 0 aromatic carbocycles. The minimum Gasteiger partial charge on any atom is -0.481 e. The molecule has 23 heavy (non-hydrogen) atoms. The Balaban J connectivity index is 4.99. The van der Waals surface area contributed by atoms with Crippen molar-refractivity contribution in [1.29, 1.82) is 0 Å². The number of carbonyl (C=O) groups excluding carboxylic acids is 1. The number of carboxylic acids is 3. The summed E-state index contributed by atoms with van der Waals surface area (Å²) >= 11 is 0. The molecule has 0 aliphatic heterocycles. The lowest BCUT2D eigenvalue weighted by atomic mass is 9.96. The zero-order valence-corrected chi connectivity index (χ0v) is 13.2. The lowest BCUT2D eigenvalue weighted by Crippen LogP contribution is -2.46. The molecule has 0 aliphatic carbocycles. The van der Waals surface area contributed by atoms with Crippen LogP contribution < -0.4 is 0 Å². The normalized spacial score (nSPS) is 15.3. The minimum atomic E-state index is -2.81. The molecule has 10 nitrogen and oxygen atoms in total. The Hall–Kier alpha value is -2.20. The first-order valence-corrected chi connectivity index (χ1v) is 6.64. The van der Waals surface area contributed by atoms with Crippen molar-refractivity contribution in [3.63, 3.8) is 0 Å². The van der Waals surface area contributed by atoms with E-state index in [1.165, 1.54) is 0 Å². The van der Waals surface area contributed by atoms with Gasteiger partial charge in [-0.05, 0) is 0 Å². The molecule has 10 heteroatoms. The van der Waals surface area contributed by atoms with Crippen LogP contribution in [0.25, 0.3) is 0 Å². The lowest BCUT2D eigenvalue weighted by Gasteiger charge is -2.29. The molecule has 132 valence electrons. The van der Waals surface area contributed by atoms with Gasteiger partial charge in [0.15, 0.2) is 11.7 Å². The molecule has 0 amide bonds. The summed E-state index contributed by atoms with van der Waals surface area (Å²) in [6.07, 6.45) is -3.81. The lowest BCUT2D eigenvalue weighted by molar-refractivity contribution is -0.873. The van der Waals surface area contributed by atoms with Crippen LogP contribution in [0.2, 0.25) is 0 Å². The van der Waals surface area contributed by atoms with E-state index in [1.54, 1.807) is 21.1 Å². The molecule has 4 N–H and O–H groups in total. The van der Waals surface area contributed by atoms with E-state index in [2.05, 4.69) is 0 Å². The van der Waals surface area contributed by atoms with Gasteiger partial charge in [0.05, 0.1) is 40.4 Å². The number of rotatable bonds is 10. The minimum absolute atomic E-state index is 0.141. The van der Waals surface area contributed by atoms with Crippen LogP contribution in [0.1, 0.15) is 19.3 Å². The fourth-order valence-electron chi connectivity index (χ4n) is 1.88. The molecule has 2 atom stereocenters. The molecule has 0 rings (SSSR count). The summed E-state index contributed by atoms with van der Waals surface area (Å²) in [5, 5.41) is 36.1. The Kier molecular flexibility index (Phi) is 7.13. The zero-order valence-electron chi connectivity index (χ0n) is 13.2. The van der Waals surface area contributed by atoms with Crippen molar-refractivity contribution >= 4 is 23.9 Å². The van der Waals surface area contributed by atoms with Gasteiger partial charge in [-0.25, -0.2) is 4.79 Å². The Morgan fingerprint density at radius 1 is 1.00 bits per heavy atom. The number of aliphatic hydroxyl groups is 1. The molecule has 0 bridgehead atoms. The van der Waals surface area contributed by atoms with Gasteiger partial charge in [0.1, 0.15) is 6.54 Å². The monoisotopic (exact) mass is 336 g/mol. The molecule has 0 aliphatic rings. The fraction of sp³-hybridized carbons (Fsp3) is 0.692. The first-order chi connectivity index (χ1) is 10.2. The standard InChI is InChI=1S/C13H21NO9/c1-14(2,3)7-8(4-9(15)16)23-11(19)6-13(22,12(20)21)5-10(17)18/h8,22H,4-7H2,1-3H3,(H2-,15,16,17,18,20,21)/p+1/t8-,13-/m1/s1. The van der Waals surface area contributed by atoms with Crippen LogP contribution in [0.3, 0.4) is 0 Å². The highest BCUT2D eigenvalue weighted by molar-refractivity contribution is 5.88. The molecular weight excluding hydrogens is 314 g/mol. The van der Waals surface area contributed by atoms with E-state index in [1.807, 2.05) is 0 Å². The van der Waals surface area contributed by atoms with E-state index in [-0.39, 0.29) is 11.0 Å². The van der Waals surface area contributed by atoms with Gasteiger partial charge in [-0.1, -0.05) is 0 Å². The number of carboxylic acid groups (broad SMARTS) is 3. The molecular formula is C13H22NO9+. The van der Waals surface area contributed by atoms with Gasteiger partial charge in [0.2, 0.25) is 0 Å². The summed E-state index contributed by atoms with van der Waals surface area (Å²) in [7, 11) is 5.21. The molecule has 0 unspecified atom stereocenters. The number of nitrogens with zero attached hydrogens (tertiary/aromatic N) is 1. The van der Waals surface area contributed by atoms with E-state index in [4.69, 9.17) is 20.1 Å². The van der Waals surface area contributed by atoms with Gasteiger partial charge in [0, 0.05) is 0 Å². The number of esters is 1. The van der Waals surface area contributed by atoms with E-state index in [9.17, 15) is 24.3 Å². The number of quaternary nitrogens is 1. The van der Waals surface area contributed by atoms with Crippen molar-refractivity contribution in [1.82, 2.24) is 0 Å². The number of likely N-dealkylation sites (N-methyl/N-ethyl adjacent to an activating group) is 1. The molecule has 0 saturated carbocycles. The van der Waals surface area contributed by atoms with Crippen LogP contribution in [-0.2, 0) is 23.9 Å². The third kappa shape index (κ3) is 8.73. The van der Waals surface area contributed by atoms with Gasteiger partial charge >= 0.3 is 23.9 Å². The Morgan fingerprint density at radius 2 is 1.52 bits per heavy atom. The maximum absolute atomic E-state index is 11.8. The quantitative estimate of drug-likeness (QED) is 0.283. The summed E-state index contributed by atoms with van der Waals surface area (Å²) in [6.45, 7) is 0.141. The number of ether oxygens (including phenoxy) is 1. The van der Waals surface area contributed by atoms with Crippen LogP contribution in [0, 0.1) is 0 Å². The maximum atomic E-state index is 11.8. The van der Waals surface area contributed by atoms with Crippen molar-refractivity contribution in [3.8, 4) is 0 Å². The average molecular weight is 336 g/mol. The summed E-state index contributed by atoms with van der Waals surface area (Å²) in [5.41, 5.74) is -2.81. The van der Waals surface area contributed by atoms with E-state index >= 15 is 0 Å². The zero-order chi connectivity index (χ0) is 18.4. The Bertz CT molecular complexity index is 482. The van der Waals surface area contributed by atoms with Gasteiger partial charge in [-0.3, -0.25) is 14.4 Å². The fourth-order valence-corrected chi connectivity index (χ4v) is 1.88. The van der Waals surface area contributed by atoms with E-state index < -0.39 is 54.8 Å². The third-order valence-corrected chi connectivity index (χ3v) is 2.73. The molecule has 0 spiro atoms. The third-order valence-electron chi connectivity index (χ3n) is 2.73. The number of hydrogen-bond donors (Lipinski definition) is 4. The van der Waals surface area contributed by atoms with E-state index in [0.29, 0.717) is 0 Å². The molecule has 0 aromatic heterocycles. The van der Waals surface area contributed by atoms with Gasteiger partial charge in [0.25, 0.3) is 0 Å². The highest BCUT2D eigenvalue weighted by Gasteiger charge is 2.42. The van der Waals surface area contributed by atoms with Crippen molar-refractivity contribution < 1.29 is 48.8 Å². The van der Waals surface area contributed by atoms with Crippen molar-refractivity contribution in [2.45, 2.75) is 31.0 Å². The summed E-state index contributed by atoms with van der Waals surface area (Å²) in [4.78, 5) is 44.1. The van der Waals surface area contributed by atoms with Crippen LogP contribution in [0.4, 0.5) is 0 Å². The van der Waals surface area contributed by atoms with Gasteiger partial charge in [-0.15, -0.1) is 0 Å². The number of carbonyl (C=O) groups is 4. The molecule has 0 radical (unpaired) electrons. The van der Waals surface area contributed by atoms with Crippen LogP contribution >= 0.6 is 0 Å². The van der Waals surface area contributed by atoms with Gasteiger partial charge < -0.3 is 29.6 Å². The number of aliphatic carboxylic acids is 3. The predicted octanol–water partition coefficient (Wildman–Crippen LogP) is -1.24.